The van der Waals surface area contributed by atoms with Gasteiger partial charge in [0.05, 0.1) is 5.52 Å². The smallest absolute Gasteiger partial charge is 0.162 e. The van der Waals surface area contributed by atoms with Gasteiger partial charge in [-0.3, -0.25) is 0 Å². The Morgan fingerprint density at radius 2 is 1.73 bits per heavy atom. The van der Waals surface area contributed by atoms with Crippen molar-refractivity contribution in [3.63, 3.8) is 0 Å². The van der Waals surface area contributed by atoms with Gasteiger partial charge in [-0.05, 0) is 56.1 Å². The molecule has 2 bridgehead atoms. The van der Waals surface area contributed by atoms with Crippen molar-refractivity contribution in [2.24, 2.45) is 17.8 Å². The van der Waals surface area contributed by atoms with E-state index in [9.17, 15) is 0 Å². The Bertz CT molecular complexity index is 921. The number of hydrogen-bond donors (Lipinski definition) is 1. The van der Waals surface area contributed by atoms with E-state index in [2.05, 4.69) is 42.6 Å². The first-order chi connectivity index (χ1) is 12.8. The van der Waals surface area contributed by atoms with Crippen LogP contribution >= 0.6 is 0 Å². The molecule has 4 atom stereocenters. The van der Waals surface area contributed by atoms with Gasteiger partial charge in [-0.15, -0.1) is 0 Å². The van der Waals surface area contributed by atoms with E-state index in [-0.39, 0.29) is 0 Å². The zero-order valence-corrected chi connectivity index (χ0v) is 15.2. The summed E-state index contributed by atoms with van der Waals surface area (Å²) >= 11 is 0. The normalized spacial score (nSPS) is 25.5. The maximum Gasteiger partial charge on any atom is 0.162 e. The van der Waals surface area contributed by atoms with Gasteiger partial charge in [-0.2, -0.15) is 0 Å². The first kappa shape index (κ1) is 15.8. The van der Waals surface area contributed by atoms with Gasteiger partial charge in [-0.1, -0.05) is 48.9 Å². The van der Waals surface area contributed by atoms with E-state index in [1.165, 1.54) is 25.7 Å². The number of aromatic nitrogens is 2. The minimum atomic E-state index is 0.451. The number of nitrogens with one attached hydrogen (secondary N) is 1. The second-order valence-corrected chi connectivity index (χ2v) is 8.05. The fourth-order valence-corrected chi connectivity index (χ4v) is 5.13. The molecule has 3 heteroatoms. The quantitative estimate of drug-likeness (QED) is 0.676. The Balaban J connectivity index is 1.51. The molecule has 2 aliphatic carbocycles. The second kappa shape index (κ2) is 6.39. The molecule has 1 N–H and O–H groups in total. The molecule has 2 aliphatic rings. The number of para-hydroxylation sites is 1. The molecule has 0 unspecified atom stereocenters. The highest BCUT2D eigenvalue weighted by atomic mass is 15.1. The molecule has 0 spiro atoms. The number of anilines is 1. The van der Waals surface area contributed by atoms with Crippen LogP contribution in [0.5, 0.6) is 0 Å². The molecule has 0 aliphatic heterocycles. The summed E-state index contributed by atoms with van der Waals surface area (Å²) in [6, 6.07) is 19.0. The van der Waals surface area contributed by atoms with Crippen LogP contribution in [0.15, 0.2) is 54.6 Å². The van der Waals surface area contributed by atoms with Gasteiger partial charge < -0.3 is 5.32 Å². The van der Waals surface area contributed by atoms with Crippen molar-refractivity contribution in [2.45, 2.75) is 38.6 Å². The highest BCUT2D eigenvalue weighted by molar-refractivity contribution is 5.90. The first-order valence-electron chi connectivity index (χ1n) is 9.86. The van der Waals surface area contributed by atoms with Gasteiger partial charge in [0.1, 0.15) is 5.82 Å². The summed E-state index contributed by atoms with van der Waals surface area (Å²) in [5, 5.41) is 4.88. The second-order valence-electron chi connectivity index (χ2n) is 8.05. The van der Waals surface area contributed by atoms with Crippen LogP contribution in [-0.4, -0.2) is 16.0 Å². The summed E-state index contributed by atoms with van der Waals surface area (Å²) in [7, 11) is 0. The lowest BCUT2D eigenvalue weighted by Crippen LogP contribution is -2.30. The minimum absolute atomic E-state index is 0.451. The van der Waals surface area contributed by atoms with E-state index in [0.717, 1.165) is 45.9 Å². The SMILES string of the molecule is C[C@H](Nc1nc(-c2ccccc2)nc2ccccc12)[C@@H]1C[C@H]2CC[C@H]1C2. The van der Waals surface area contributed by atoms with E-state index < -0.39 is 0 Å². The van der Waals surface area contributed by atoms with Gasteiger partial charge in [-0.25, -0.2) is 9.97 Å². The minimum Gasteiger partial charge on any atom is -0.367 e. The third-order valence-electron chi connectivity index (χ3n) is 6.43. The van der Waals surface area contributed by atoms with Crippen LogP contribution in [0.3, 0.4) is 0 Å². The molecule has 0 radical (unpaired) electrons. The Hall–Kier alpha value is -2.42. The molecule has 3 aromatic rings. The van der Waals surface area contributed by atoms with Crippen molar-refractivity contribution in [1.82, 2.24) is 9.97 Å². The molecule has 3 nitrogen and oxygen atoms in total. The predicted molar refractivity (Wildman–Crippen MR) is 107 cm³/mol. The maximum absolute atomic E-state index is 4.92. The van der Waals surface area contributed by atoms with Crippen molar-refractivity contribution in [2.75, 3.05) is 5.32 Å². The maximum atomic E-state index is 4.92. The molecule has 0 amide bonds. The molecule has 5 rings (SSSR count). The summed E-state index contributed by atoms with van der Waals surface area (Å²) in [6.45, 7) is 2.34. The van der Waals surface area contributed by atoms with Crippen LogP contribution in [0.4, 0.5) is 5.82 Å². The lowest BCUT2D eigenvalue weighted by atomic mass is 9.84. The molecule has 2 fully saturated rings. The van der Waals surface area contributed by atoms with Gasteiger partial charge in [0.2, 0.25) is 0 Å². The molecule has 1 aromatic heterocycles. The Morgan fingerprint density at radius 1 is 0.923 bits per heavy atom. The number of benzene rings is 2. The van der Waals surface area contributed by atoms with Crippen molar-refractivity contribution in [1.29, 1.82) is 0 Å². The van der Waals surface area contributed by atoms with E-state index >= 15 is 0 Å². The number of rotatable bonds is 4. The zero-order valence-electron chi connectivity index (χ0n) is 15.2. The van der Waals surface area contributed by atoms with Crippen LogP contribution in [0.1, 0.15) is 32.6 Å². The van der Waals surface area contributed by atoms with Crippen molar-refractivity contribution >= 4 is 16.7 Å². The van der Waals surface area contributed by atoms with Crippen LogP contribution in [0, 0.1) is 17.8 Å². The molecule has 2 saturated carbocycles. The fraction of sp³-hybridized carbons (Fsp3) is 0.391. The molecular formula is C23H25N3. The van der Waals surface area contributed by atoms with Gasteiger partial charge >= 0.3 is 0 Å². The number of nitrogens with zero attached hydrogens (tertiary/aromatic N) is 2. The lowest BCUT2D eigenvalue weighted by Gasteiger charge is -2.29. The topological polar surface area (TPSA) is 37.8 Å². The van der Waals surface area contributed by atoms with Crippen molar-refractivity contribution < 1.29 is 0 Å². The lowest BCUT2D eigenvalue weighted by molar-refractivity contribution is 0.304. The molecule has 132 valence electrons. The van der Waals surface area contributed by atoms with Gasteiger partial charge in [0.25, 0.3) is 0 Å². The van der Waals surface area contributed by atoms with Crippen LogP contribution in [0.2, 0.25) is 0 Å². The van der Waals surface area contributed by atoms with Crippen LogP contribution < -0.4 is 5.32 Å². The summed E-state index contributed by atoms with van der Waals surface area (Å²) in [5.41, 5.74) is 2.07. The number of fused-ring (bicyclic) bond motifs is 3. The molecule has 2 aromatic carbocycles. The van der Waals surface area contributed by atoms with Gasteiger partial charge in [0.15, 0.2) is 5.82 Å². The molecule has 0 saturated heterocycles. The monoisotopic (exact) mass is 343 g/mol. The predicted octanol–water partition coefficient (Wildman–Crippen LogP) is 5.53. The summed E-state index contributed by atoms with van der Waals surface area (Å²) in [6.07, 6.45) is 5.69. The van der Waals surface area contributed by atoms with E-state index in [1.807, 2.05) is 24.3 Å². The Labute approximate surface area is 154 Å². The molecule has 26 heavy (non-hydrogen) atoms. The summed E-state index contributed by atoms with van der Waals surface area (Å²) in [5.74, 6) is 4.43. The highest BCUT2D eigenvalue weighted by Crippen LogP contribution is 2.50. The van der Waals surface area contributed by atoms with E-state index in [0.29, 0.717) is 6.04 Å². The van der Waals surface area contributed by atoms with Crippen molar-refractivity contribution in [3.05, 3.63) is 54.6 Å². The summed E-state index contributed by atoms with van der Waals surface area (Å²) < 4.78 is 0. The Morgan fingerprint density at radius 3 is 2.50 bits per heavy atom. The molecular weight excluding hydrogens is 318 g/mol. The average molecular weight is 343 g/mol. The summed E-state index contributed by atoms with van der Waals surface area (Å²) in [4.78, 5) is 9.72. The fourth-order valence-electron chi connectivity index (χ4n) is 5.13. The molecule has 1 heterocycles. The van der Waals surface area contributed by atoms with Gasteiger partial charge in [0, 0.05) is 17.0 Å². The van der Waals surface area contributed by atoms with Crippen LogP contribution in [-0.2, 0) is 0 Å². The van der Waals surface area contributed by atoms with Crippen LogP contribution in [0.25, 0.3) is 22.3 Å². The third-order valence-corrected chi connectivity index (χ3v) is 6.43. The largest absolute Gasteiger partial charge is 0.367 e. The average Bonchev–Trinajstić information content (AvgIpc) is 3.32. The number of hydrogen-bond acceptors (Lipinski definition) is 3. The highest BCUT2D eigenvalue weighted by Gasteiger charge is 2.41. The van der Waals surface area contributed by atoms with Crippen molar-refractivity contribution in [3.8, 4) is 11.4 Å². The van der Waals surface area contributed by atoms with E-state index in [1.54, 1.807) is 0 Å². The standard InChI is InChI=1S/C23H25N3/c1-15(20-14-16-11-12-18(20)13-16)24-23-19-9-5-6-10-21(19)25-22(26-23)17-7-3-2-4-8-17/h2-10,15-16,18,20H,11-14H2,1H3,(H,24,25,26)/t15-,16-,18-,20-/m0/s1. The Kier molecular flexibility index (Phi) is 3.88. The third kappa shape index (κ3) is 2.76. The first-order valence-corrected chi connectivity index (χ1v) is 9.86. The van der Waals surface area contributed by atoms with E-state index in [4.69, 9.17) is 9.97 Å². The zero-order chi connectivity index (χ0) is 17.5.